The van der Waals surface area contributed by atoms with Crippen molar-refractivity contribution in [3.05, 3.63) is 0 Å². The molecule has 0 radical (unpaired) electrons. The molecule has 0 aromatic heterocycles. The first-order valence-electron chi connectivity index (χ1n) is 6.25. The molecule has 0 heterocycles. The third kappa shape index (κ3) is 14.8. The van der Waals surface area contributed by atoms with Gasteiger partial charge < -0.3 is 10.4 Å². The van der Waals surface area contributed by atoms with Crippen molar-refractivity contribution in [2.45, 2.75) is 44.9 Å². The summed E-state index contributed by atoms with van der Waals surface area (Å²) in [6, 6.07) is 0. The van der Waals surface area contributed by atoms with Gasteiger partial charge in [0.1, 0.15) is 0 Å². The fourth-order valence-corrected chi connectivity index (χ4v) is 1.86. The Balaban J connectivity index is 3.37. The average molecular weight is 295 g/mol. The molecule has 19 heavy (non-hydrogen) atoms. The number of aliphatic carboxylic acids is 1. The van der Waals surface area contributed by atoms with Crippen molar-refractivity contribution in [3.8, 4) is 0 Å². The Labute approximate surface area is 113 Å². The summed E-state index contributed by atoms with van der Waals surface area (Å²) >= 11 is 0. The minimum atomic E-state index is -4.02. The van der Waals surface area contributed by atoms with E-state index in [9.17, 15) is 18.0 Å². The molecule has 0 aliphatic rings. The van der Waals surface area contributed by atoms with E-state index in [2.05, 4.69) is 5.32 Å². The highest BCUT2D eigenvalue weighted by molar-refractivity contribution is 7.85. The van der Waals surface area contributed by atoms with Crippen molar-refractivity contribution >= 4 is 22.0 Å². The SMILES string of the molecule is O=C(O)CCCCCCCC(=O)NCCS(=O)(=O)O. The molecular formula is C11H21NO6S. The number of carbonyl (C=O) groups excluding carboxylic acids is 1. The monoisotopic (exact) mass is 295 g/mol. The van der Waals surface area contributed by atoms with E-state index in [1.807, 2.05) is 0 Å². The van der Waals surface area contributed by atoms with Gasteiger partial charge in [-0.05, 0) is 12.8 Å². The molecule has 0 aromatic carbocycles. The zero-order chi connectivity index (χ0) is 14.7. The predicted molar refractivity (Wildman–Crippen MR) is 69.4 cm³/mol. The predicted octanol–water partition coefficient (Wildman–Crippen LogP) is 0.806. The molecule has 0 aliphatic carbocycles. The fourth-order valence-electron chi connectivity index (χ4n) is 1.50. The van der Waals surface area contributed by atoms with Gasteiger partial charge in [0.25, 0.3) is 10.1 Å². The number of carbonyl (C=O) groups is 2. The van der Waals surface area contributed by atoms with Crippen molar-refractivity contribution in [1.29, 1.82) is 0 Å². The van der Waals surface area contributed by atoms with E-state index in [4.69, 9.17) is 9.66 Å². The second kappa shape index (κ2) is 9.74. The summed E-state index contributed by atoms with van der Waals surface area (Å²) in [6.07, 6.45) is 4.37. The van der Waals surface area contributed by atoms with Gasteiger partial charge in [-0.25, -0.2) is 0 Å². The zero-order valence-electron chi connectivity index (χ0n) is 10.8. The molecule has 0 aliphatic heterocycles. The number of hydrogen-bond donors (Lipinski definition) is 3. The van der Waals surface area contributed by atoms with E-state index in [0.717, 1.165) is 19.3 Å². The Kier molecular flexibility index (Phi) is 9.15. The standard InChI is InChI=1S/C11H21NO6S/c13-10(12-8-9-19(16,17)18)6-4-2-1-3-5-7-11(14)15/h1-9H2,(H,12,13)(H,14,15)(H,16,17,18). The minimum Gasteiger partial charge on any atom is -0.481 e. The average Bonchev–Trinajstić information content (AvgIpc) is 2.25. The Hall–Kier alpha value is -1.15. The summed E-state index contributed by atoms with van der Waals surface area (Å²) in [5.74, 6) is -1.51. The highest BCUT2D eigenvalue weighted by Gasteiger charge is 2.06. The molecule has 0 unspecified atom stereocenters. The van der Waals surface area contributed by atoms with E-state index in [-0.39, 0.29) is 18.9 Å². The number of nitrogens with one attached hydrogen (secondary N) is 1. The molecule has 0 rings (SSSR count). The van der Waals surface area contributed by atoms with Crippen LogP contribution in [0.5, 0.6) is 0 Å². The highest BCUT2D eigenvalue weighted by Crippen LogP contribution is 2.07. The maximum atomic E-state index is 11.2. The number of amides is 1. The molecule has 0 saturated carbocycles. The van der Waals surface area contributed by atoms with Gasteiger partial charge in [0.05, 0.1) is 5.75 Å². The Morgan fingerprint density at radius 1 is 0.947 bits per heavy atom. The molecular weight excluding hydrogens is 274 g/mol. The first-order valence-corrected chi connectivity index (χ1v) is 7.86. The van der Waals surface area contributed by atoms with Crippen molar-refractivity contribution in [2.24, 2.45) is 0 Å². The maximum Gasteiger partial charge on any atom is 0.303 e. The van der Waals surface area contributed by atoms with Crippen LogP contribution in [0.4, 0.5) is 0 Å². The molecule has 0 saturated heterocycles. The molecule has 0 fully saturated rings. The van der Waals surface area contributed by atoms with Crippen LogP contribution < -0.4 is 5.32 Å². The second-order valence-electron chi connectivity index (χ2n) is 4.30. The minimum absolute atomic E-state index is 0.0870. The van der Waals surface area contributed by atoms with Gasteiger partial charge in [-0.3, -0.25) is 14.1 Å². The summed E-state index contributed by atoms with van der Waals surface area (Å²) in [6.45, 7) is -0.0870. The lowest BCUT2D eigenvalue weighted by molar-refractivity contribution is -0.137. The van der Waals surface area contributed by atoms with Gasteiger partial charge in [0.2, 0.25) is 5.91 Å². The van der Waals surface area contributed by atoms with Crippen molar-refractivity contribution in [1.82, 2.24) is 5.32 Å². The maximum absolute atomic E-state index is 11.2. The molecule has 3 N–H and O–H groups in total. The van der Waals surface area contributed by atoms with Gasteiger partial charge in [-0.2, -0.15) is 8.42 Å². The topological polar surface area (TPSA) is 121 Å². The first kappa shape index (κ1) is 17.8. The summed E-state index contributed by atoms with van der Waals surface area (Å²) in [5.41, 5.74) is 0. The van der Waals surface area contributed by atoms with E-state index in [1.165, 1.54) is 0 Å². The quantitative estimate of drug-likeness (QED) is 0.383. The van der Waals surface area contributed by atoms with Crippen LogP contribution in [0.2, 0.25) is 0 Å². The van der Waals surface area contributed by atoms with Crippen LogP contribution in [0.25, 0.3) is 0 Å². The van der Waals surface area contributed by atoms with E-state index >= 15 is 0 Å². The molecule has 112 valence electrons. The number of unbranched alkanes of at least 4 members (excludes halogenated alkanes) is 4. The third-order valence-electron chi connectivity index (χ3n) is 2.48. The van der Waals surface area contributed by atoms with Crippen molar-refractivity contribution < 1.29 is 27.7 Å². The van der Waals surface area contributed by atoms with Crippen LogP contribution in [0.1, 0.15) is 44.9 Å². The lowest BCUT2D eigenvalue weighted by atomic mass is 10.1. The molecule has 0 bridgehead atoms. The van der Waals surface area contributed by atoms with Crippen LogP contribution in [-0.4, -0.2) is 42.3 Å². The molecule has 0 spiro atoms. The van der Waals surface area contributed by atoms with Crippen LogP contribution in [0.15, 0.2) is 0 Å². The van der Waals surface area contributed by atoms with Gasteiger partial charge in [0, 0.05) is 19.4 Å². The van der Waals surface area contributed by atoms with Crippen LogP contribution in [0, 0.1) is 0 Å². The number of carboxylic acid groups (broad SMARTS) is 1. The molecule has 1 amide bonds. The number of hydrogen-bond acceptors (Lipinski definition) is 4. The molecule has 0 atom stereocenters. The Morgan fingerprint density at radius 3 is 2.00 bits per heavy atom. The van der Waals surface area contributed by atoms with Gasteiger partial charge in [-0.1, -0.05) is 19.3 Å². The Morgan fingerprint density at radius 2 is 1.47 bits per heavy atom. The largest absolute Gasteiger partial charge is 0.481 e. The lowest BCUT2D eigenvalue weighted by Crippen LogP contribution is -2.28. The van der Waals surface area contributed by atoms with Crippen LogP contribution in [0.3, 0.4) is 0 Å². The number of rotatable bonds is 11. The van der Waals surface area contributed by atoms with E-state index in [1.54, 1.807) is 0 Å². The van der Waals surface area contributed by atoms with Crippen LogP contribution in [-0.2, 0) is 19.7 Å². The molecule has 8 heteroatoms. The van der Waals surface area contributed by atoms with Gasteiger partial charge >= 0.3 is 5.97 Å². The van der Waals surface area contributed by atoms with E-state index < -0.39 is 21.8 Å². The normalized spacial score (nSPS) is 11.2. The smallest absolute Gasteiger partial charge is 0.303 e. The third-order valence-corrected chi connectivity index (χ3v) is 3.20. The highest BCUT2D eigenvalue weighted by atomic mass is 32.2. The second-order valence-corrected chi connectivity index (χ2v) is 5.87. The summed E-state index contributed by atoms with van der Waals surface area (Å²) < 4.78 is 29.2. The van der Waals surface area contributed by atoms with Crippen LogP contribution >= 0.6 is 0 Å². The summed E-state index contributed by atoms with van der Waals surface area (Å²) in [4.78, 5) is 21.5. The van der Waals surface area contributed by atoms with Crippen molar-refractivity contribution in [2.75, 3.05) is 12.3 Å². The lowest BCUT2D eigenvalue weighted by Gasteiger charge is -2.04. The van der Waals surface area contributed by atoms with Gasteiger partial charge in [0.15, 0.2) is 0 Å². The van der Waals surface area contributed by atoms with E-state index in [0.29, 0.717) is 19.3 Å². The fraction of sp³-hybridized carbons (Fsp3) is 0.818. The first-order chi connectivity index (χ1) is 8.81. The summed E-state index contributed by atoms with van der Waals surface area (Å²) in [5, 5.41) is 10.8. The molecule has 7 nitrogen and oxygen atoms in total. The zero-order valence-corrected chi connectivity index (χ0v) is 11.6. The molecule has 0 aromatic rings. The number of carboxylic acids is 1. The van der Waals surface area contributed by atoms with Gasteiger partial charge in [-0.15, -0.1) is 0 Å². The van der Waals surface area contributed by atoms with Crippen molar-refractivity contribution in [3.63, 3.8) is 0 Å². The Bertz CT molecular complexity index is 379. The summed E-state index contributed by atoms with van der Waals surface area (Å²) in [7, 11) is -4.02.